The fourth-order valence-electron chi connectivity index (χ4n) is 9.24. The highest BCUT2D eigenvalue weighted by molar-refractivity contribution is 5.85. The highest BCUT2D eigenvalue weighted by Crippen LogP contribution is 2.58. The first-order valence-corrected chi connectivity index (χ1v) is 21.1. The summed E-state index contributed by atoms with van der Waals surface area (Å²) in [7, 11) is 0. The first kappa shape index (κ1) is 52.1. The SMILES string of the molecule is CC(C)(CC(=O)C(F)(F)F)c1cc(F)cc2c1OCC2.CC(C)(C[C@@]1(C(F)(F)F)O[C@@H]1C(N)=O)c1cc(F)cc2c1OCC2.CC(C)(C[C@]1(C(F)(F)F)O[C@H]1C(N)=O)c1cc(F)cc2c1OCC2. The maximum atomic E-state index is 13.9. The second-order valence-electron chi connectivity index (χ2n) is 19.3. The van der Waals surface area contributed by atoms with E-state index in [-0.39, 0.29) is 0 Å². The van der Waals surface area contributed by atoms with Crippen LogP contribution in [0.4, 0.5) is 52.7 Å². The standard InChI is InChI=1S/2C16H17F4NO3.C14H14F4O2/c2*1-14(2,7-15(16(18,19)20)12(24-15)13(21)22)10-6-9(17)5-8-3-4-23-11(8)10;1-13(2,7-11(19)14(16,17)18)10-6-9(15)5-8-3-4-20-12(8)10/h2*5-6,12H,3-4,7H2,1-2H3,(H2,21,22);5-6H,3-4,7H2,1-2H3/t2*12-,15-;/m10./s1. The fourth-order valence-corrected chi connectivity index (χ4v) is 9.24. The maximum Gasteiger partial charge on any atom is 0.450 e. The number of nitrogens with two attached hydrogens (primary N) is 2. The highest BCUT2D eigenvalue weighted by Gasteiger charge is 2.77. The van der Waals surface area contributed by atoms with Crippen molar-refractivity contribution < 1.29 is 90.8 Å². The summed E-state index contributed by atoms with van der Waals surface area (Å²) in [6.45, 7) is 10.2. The van der Waals surface area contributed by atoms with Crippen LogP contribution in [0.5, 0.6) is 17.2 Å². The number of hydrogen-bond donors (Lipinski definition) is 2. The Morgan fingerprint density at radius 1 is 0.529 bits per heavy atom. The third-order valence-corrected chi connectivity index (χ3v) is 12.6. The highest BCUT2D eigenvalue weighted by atomic mass is 19.4. The van der Waals surface area contributed by atoms with Gasteiger partial charge in [-0.3, -0.25) is 14.4 Å². The number of carbonyl (C=O) groups excluding carboxylic acids is 3. The number of benzene rings is 3. The molecule has 0 unspecified atom stereocenters. The summed E-state index contributed by atoms with van der Waals surface area (Å²) in [6.07, 6.45) is -18.2. The molecule has 10 nitrogen and oxygen atoms in total. The molecule has 22 heteroatoms. The lowest BCUT2D eigenvalue weighted by Crippen LogP contribution is -2.43. The molecule has 68 heavy (non-hydrogen) atoms. The molecule has 2 saturated heterocycles. The first-order chi connectivity index (χ1) is 31.1. The number of ether oxygens (including phenoxy) is 5. The number of Topliss-reactive ketones (excluding diaryl/α,β-unsaturated/α-hetero) is 1. The minimum absolute atomic E-state index is 0.308. The van der Waals surface area contributed by atoms with Gasteiger partial charge in [0.1, 0.15) is 34.7 Å². The molecule has 0 radical (unpaired) electrons. The summed E-state index contributed by atoms with van der Waals surface area (Å²) < 4.78 is 185. The van der Waals surface area contributed by atoms with Gasteiger partial charge in [-0.1, -0.05) is 41.5 Å². The molecule has 0 aliphatic carbocycles. The molecule has 0 saturated carbocycles. The van der Waals surface area contributed by atoms with Crippen LogP contribution in [0.25, 0.3) is 0 Å². The van der Waals surface area contributed by atoms with E-state index in [4.69, 9.17) is 35.2 Å². The van der Waals surface area contributed by atoms with Gasteiger partial charge in [0.2, 0.25) is 17.6 Å². The number of rotatable bonds is 11. The number of ketones is 1. The summed E-state index contributed by atoms with van der Waals surface area (Å²) in [6, 6.07) is 7.45. The van der Waals surface area contributed by atoms with E-state index >= 15 is 0 Å². The average molecular weight is 985 g/mol. The van der Waals surface area contributed by atoms with Gasteiger partial charge in [0.25, 0.3) is 0 Å². The Morgan fingerprint density at radius 3 is 1.07 bits per heavy atom. The largest absolute Gasteiger partial charge is 0.493 e. The van der Waals surface area contributed by atoms with E-state index in [1.807, 2.05) is 0 Å². The minimum atomic E-state index is -4.88. The van der Waals surface area contributed by atoms with Gasteiger partial charge in [-0.05, 0) is 60.1 Å². The number of halogens is 12. The Morgan fingerprint density at radius 2 is 0.824 bits per heavy atom. The van der Waals surface area contributed by atoms with Crippen molar-refractivity contribution in [2.75, 3.05) is 19.8 Å². The maximum absolute atomic E-state index is 13.9. The van der Waals surface area contributed by atoms with Crippen molar-refractivity contribution in [3.8, 4) is 17.2 Å². The number of carbonyl (C=O) groups is 3. The second kappa shape index (κ2) is 17.6. The molecule has 8 rings (SSSR count). The van der Waals surface area contributed by atoms with Crippen LogP contribution in [0.2, 0.25) is 0 Å². The molecule has 4 N–H and O–H groups in total. The van der Waals surface area contributed by atoms with E-state index < -0.39 is 112 Å². The van der Waals surface area contributed by atoms with Crippen molar-refractivity contribution in [2.24, 2.45) is 11.5 Å². The van der Waals surface area contributed by atoms with Crippen LogP contribution < -0.4 is 25.7 Å². The topological polar surface area (TPSA) is 156 Å². The van der Waals surface area contributed by atoms with Gasteiger partial charge in [-0.2, -0.15) is 39.5 Å². The average Bonchev–Trinajstić information content (AvgIpc) is 3.81. The molecule has 4 atom stereocenters. The van der Waals surface area contributed by atoms with Crippen molar-refractivity contribution in [1.29, 1.82) is 0 Å². The number of fused-ring (bicyclic) bond motifs is 3. The van der Waals surface area contributed by atoms with Crippen molar-refractivity contribution >= 4 is 17.6 Å². The number of amides is 2. The van der Waals surface area contributed by atoms with Crippen LogP contribution in [0, 0.1) is 17.5 Å². The molecule has 0 aromatic heterocycles. The zero-order chi connectivity index (χ0) is 51.0. The molecule has 0 spiro atoms. The molecular formula is C46H48F12N2O8. The number of epoxide rings is 2. The molecule has 3 aromatic carbocycles. The smallest absolute Gasteiger partial charge is 0.450 e. The van der Waals surface area contributed by atoms with Crippen LogP contribution in [-0.4, -0.2) is 79.4 Å². The summed E-state index contributed by atoms with van der Waals surface area (Å²) in [5.41, 5.74) is 4.13. The summed E-state index contributed by atoms with van der Waals surface area (Å²) in [4.78, 5) is 33.6. The van der Waals surface area contributed by atoms with E-state index in [0.717, 1.165) is 6.07 Å². The lowest BCUT2D eigenvalue weighted by molar-refractivity contribution is -0.190. The van der Waals surface area contributed by atoms with Gasteiger partial charge in [-0.25, -0.2) is 13.2 Å². The first-order valence-electron chi connectivity index (χ1n) is 21.1. The number of alkyl halides is 9. The molecule has 374 valence electrons. The second-order valence-corrected chi connectivity index (χ2v) is 19.3. The molecule has 3 aromatic rings. The molecule has 5 aliphatic heterocycles. The van der Waals surface area contributed by atoms with Crippen molar-refractivity contribution in [3.63, 3.8) is 0 Å². The zero-order valence-corrected chi connectivity index (χ0v) is 37.4. The predicted octanol–water partition coefficient (Wildman–Crippen LogP) is 8.79. The Bertz CT molecular complexity index is 2370. The van der Waals surface area contributed by atoms with Crippen LogP contribution in [0.3, 0.4) is 0 Å². The van der Waals surface area contributed by atoms with Gasteiger partial charge >= 0.3 is 18.5 Å². The van der Waals surface area contributed by atoms with E-state index in [1.54, 1.807) is 0 Å². The van der Waals surface area contributed by atoms with Crippen molar-refractivity contribution in [1.82, 2.24) is 0 Å². The number of primary amides is 2. The lowest BCUT2D eigenvalue weighted by atomic mass is 9.74. The van der Waals surface area contributed by atoms with E-state index in [9.17, 15) is 67.1 Å². The van der Waals surface area contributed by atoms with E-state index in [2.05, 4.69) is 0 Å². The normalized spacial score (nSPS) is 22.7. The van der Waals surface area contributed by atoms with Crippen molar-refractivity contribution in [2.45, 2.75) is 138 Å². The minimum Gasteiger partial charge on any atom is -0.493 e. The monoisotopic (exact) mass is 984 g/mol. The Balaban J connectivity index is 0.000000169. The zero-order valence-electron chi connectivity index (χ0n) is 37.4. The predicted molar refractivity (Wildman–Crippen MR) is 216 cm³/mol. The van der Waals surface area contributed by atoms with Crippen LogP contribution in [0.1, 0.15) is 94.2 Å². The molecule has 2 fully saturated rings. The molecule has 5 heterocycles. The molecular weight excluding hydrogens is 936 g/mol. The summed E-state index contributed by atoms with van der Waals surface area (Å²) in [5, 5.41) is 0. The quantitative estimate of drug-likeness (QED) is 0.143. The summed E-state index contributed by atoms with van der Waals surface area (Å²) in [5.74, 6) is -4.52. The third kappa shape index (κ3) is 10.2. The van der Waals surface area contributed by atoms with Crippen LogP contribution in [-0.2, 0) is 59.4 Å². The third-order valence-electron chi connectivity index (χ3n) is 12.6. The number of hydrogen-bond acceptors (Lipinski definition) is 8. The van der Waals surface area contributed by atoms with E-state index in [0.29, 0.717) is 89.7 Å². The Labute approximate surface area is 381 Å². The lowest BCUT2D eigenvalue weighted by Gasteiger charge is -2.31. The van der Waals surface area contributed by atoms with E-state index in [1.165, 1.54) is 71.9 Å². The Kier molecular flexibility index (Phi) is 13.5. The molecule has 2 amide bonds. The van der Waals surface area contributed by atoms with Gasteiger partial charge < -0.3 is 35.2 Å². The van der Waals surface area contributed by atoms with Gasteiger partial charge in [0, 0.05) is 64.5 Å². The van der Waals surface area contributed by atoms with Crippen molar-refractivity contribution in [3.05, 3.63) is 87.2 Å². The molecule has 0 bridgehead atoms. The van der Waals surface area contributed by atoms with Gasteiger partial charge in [-0.15, -0.1) is 0 Å². The van der Waals surface area contributed by atoms with Gasteiger partial charge in [0.05, 0.1) is 19.8 Å². The Hall–Kier alpha value is -5.25. The summed E-state index contributed by atoms with van der Waals surface area (Å²) >= 11 is 0. The fraction of sp³-hybridized carbons (Fsp3) is 0.543. The molecule has 5 aliphatic rings. The van der Waals surface area contributed by atoms with Gasteiger partial charge in [0.15, 0.2) is 23.4 Å². The van der Waals surface area contributed by atoms with Crippen LogP contribution in [0.15, 0.2) is 36.4 Å². The van der Waals surface area contributed by atoms with Crippen LogP contribution >= 0.6 is 0 Å².